The summed E-state index contributed by atoms with van der Waals surface area (Å²) in [6.07, 6.45) is 2.60. The molecule has 0 spiro atoms. The average molecular weight is 166 g/mol. The summed E-state index contributed by atoms with van der Waals surface area (Å²) in [5.41, 5.74) is 0.902. The Morgan fingerprint density at radius 3 is 3.18 bits per heavy atom. The number of hydrogen-bond acceptors (Lipinski definition) is 3. The third-order valence-corrected chi connectivity index (χ3v) is 2.66. The number of carbonyl (C=O) groups excluding carboxylic acids is 1. The predicted octanol–water partition coefficient (Wildman–Crippen LogP) is 1.45. The Balaban J connectivity index is 2.79. The molecular formula is C7H6N2OS. The second kappa shape index (κ2) is 2.17. The molecule has 11 heavy (non-hydrogen) atoms. The largest absolute Gasteiger partial charge is 0.325 e. The average Bonchev–Trinajstić information content (AvgIpc) is 2.53. The number of aldehydes is 1. The van der Waals surface area contributed by atoms with Crippen molar-refractivity contribution in [2.45, 2.75) is 0 Å². The summed E-state index contributed by atoms with van der Waals surface area (Å²) in [6.45, 7) is 0. The minimum Gasteiger partial charge on any atom is -0.325 e. The Labute approximate surface area is 67.3 Å². The first-order chi connectivity index (χ1) is 5.31. The number of aryl methyl sites for hydroxylation is 1. The fourth-order valence-corrected chi connectivity index (χ4v) is 1.84. The third-order valence-electron chi connectivity index (χ3n) is 1.52. The van der Waals surface area contributed by atoms with E-state index in [2.05, 4.69) is 4.98 Å². The van der Waals surface area contributed by atoms with E-state index >= 15 is 0 Å². The van der Waals surface area contributed by atoms with Crippen LogP contribution in [-0.2, 0) is 7.05 Å². The minimum atomic E-state index is 0.735. The van der Waals surface area contributed by atoms with E-state index in [1.54, 1.807) is 12.4 Å². The molecule has 0 aliphatic carbocycles. The second-order valence-corrected chi connectivity index (χ2v) is 3.37. The van der Waals surface area contributed by atoms with E-state index in [0.29, 0.717) is 0 Å². The maximum Gasteiger partial charge on any atom is 0.160 e. The Bertz CT molecular complexity index is 401. The van der Waals surface area contributed by atoms with Crippen LogP contribution in [0.4, 0.5) is 0 Å². The van der Waals surface area contributed by atoms with Gasteiger partial charge in [-0.3, -0.25) is 4.79 Å². The molecule has 2 aromatic heterocycles. The smallest absolute Gasteiger partial charge is 0.160 e. The van der Waals surface area contributed by atoms with Crippen LogP contribution in [-0.4, -0.2) is 15.8 Å². The lowest BCUT2D eigenvalue weighted by Gasteiger charge is -1.84. The van der Waals surface area contributed by atoms with Crippen LogP contribution in [0.2, 0.25) is 0 Å². The molecule has 0 N–H and O–H groups in total. The highest BCUT2D eigenvalue weighted by atomic mass is 32.1. The van der Waals surface area contributed by atoms with Gasteiger partial charge < -0.3 is 4.57 Å². The molecule has 0 aromatic carbocycles. The van der Waals surface area contributed by atoms with Crippen LogP contribution in [0.15, 0.2) is 12.4 Å². The highest BCUT2D eigenvalue weighted by molar-refractivity contribution is 7.20. The van der Waals surface area contributed by atoms with Crippen LogP contribution in [0.3, 0.4) is 0 Å². The number of rotatable bonds is 1. The molecule has 0 saturated heterocycles. The van der Waals surface area contributed by atoms with Gasteiger partial charge in [-0.05, 0) is 6.07 Å². The first-order valence-corrected chi connectivity index (χ1v) is 3.99. The summed E-state index contributed by atoms with van der Waals surface area (Å²) >= 11 is 1.46. The lowest BCUT2D eigenvalue weighted by atomic mass is 10.5. The zero-order valence-electron chi connectivity index (χ0n) is 5.94. The van der Waals surface area contributed by atoms with Crippen LogP contribution in [0.1, 0.15) is 9.67 Å². The van der Waals surface area contributed by atoms with Crippen LogP contribution in [0, 0.1) is 0 Å². The highest BCUT2D eigenvalue weighted by Gasteiger charge is 2.03. The summed E-state index contributed by atoms with van der Waals surface area (Å²) in [5.74, 6) is 0. The molecule has 0 amide bonds. The second-order valence-electron chi connectivity index (χ2n) is 2.31. The van der Waals surface area contributed by atoms with Crippen LogP contribution in [0.25, 0.3) is 10.3 Å². The summed E-state index contributed by atoms with van der Waals surface area (Å²) in [5, 5.41) is 0. The molecule has 3 nitrogen and oxygen atoms in total. The predicted molar refractivity (Wildman–Crippen MR) is 44.0 cm³/mol. The molecule has 0 atom stereocenters. The van der Waals surface area contributed by atoms with Gasteiger partial charge in [0, 0.05) is 7.05 Å². The van der Waals surface area contributed by atoms with Gasteiger partial charge in [-0.2, -0.15) is 0 Å². The Kier molecular flexibility index (Phi) is 1.29. The SMILES string of the molecule is Cn1cnc2cc(C=O)sc21. The lowest BCUT2D eigenvalue weighted by molar-refractivity contribution is 0.112. The van der Waals surface area contributed by atoms with Crippen molar-refractivity contribution >= 4 is 28.0 Å². The van der Waals surface area contributed by atoms with Crippen molar-refractivity contribution < 1.29 is 4.79 Å². The van der Waals surface area contributed by atoms with E-state index in [1.165, 1.54) is 11.3 Å². The van der Waals surface area contributed by atoms with Gasteiger partial charge in [-0.25, -0.2) is 4.98 Å². The highest BCUT2D eigenvalue weighted by Crippen LogP contribution is 2.22. The van der Waals surface area contributed by atoms with Gasteiger partial charge in [-0.1, -0.05) is 0 Å². The van der Waals surface area contributed by atoms with Crippen LogP contribution in [0.5, 0.6) is 0 Å². The van der Waals surface area contributed by atoms with E-state index in [0.717, 1.165) is 21.5 Å². The number of hydrogen-bond donors (Lipinski definition) is 0. The fraction of sp³-hybridized carbons (Fsp3) is 0.143. The molecule has 0 saturated carbocycles. The Hall–Kier alpha value is -1.16. The quantitative estimate of drug-likeness (QED) is 0.601. The number of aromatic nitrogens is 2. The van der Waals surface area contributed by atoms with Crippen molar-refractivity contribution in [1.29, 1.82) is 0 Å². The van der Waals surface area contributed by atoms with E-state index in [4.69, 9.17) is 0 Å². The molecule has 0 fully saturated rings. The number of imidazole rings is 1. The van der Waals surface area contributed by atoms with Crippen molar-refractivity contribution in [3.63, 3.8) is 0 Å². The van der Waals surface area contributed by atoms with Gasteiger partial charge in [0.15, 0.2) is 6.29 Å². The number of fused-ring (bicyclic) bond motifs is 1. The van der Waals surface area contributed by atoms with Gasteiger partial charge in [-0.15, -0.1) is 11.3 Å². The van der Waals surface area contributed by atoms with Crippen molar-refractivity contribution in [2.24, 2.45) is 7.05 Å². The van der Waals surface area contributed by atoms with E-state index in [1.807, 2.05) is 11.6 Å². The first-order valence-electron chi connectivity index (χ1n) is 3.17. The van der Waals surface area contributed by atoms with Gasteiger partial charge >= 0.3 is 0 Å². The van der Waals surface area contributed by atoms with Gasteiger partial charge in [0.05, 0.1) is 11.2 Å². The van der Waals surface area contributed by atoms with Gasteiger partial charge in [0.2, 0.25) is 0 Å². The van der Waals surface area contributed by atoms with Crippen LogP contribution >= 0.6 is 11.3 Å². The maximum atomic E-state index is 10.4. The van der Waals surface area contributed by atoms with Gasteiger partial charge in [0.25, 0.3) is 0 Å². The number of nitrogens with zero attached hydrogens (tertiary/aromatic N) is 2. The fourth-order valence-electron chi connectivity index (χ4n) is 0.994. The molecular weight excluding hydrogens is 160 g/mol. The van der Waals surface area contributed by atoms with Crippen LogP contribution < -0.4 is 0 Å². The summed E-state index contributed by atoms with van der Waals surface area (Å²) in [6, 6.07) is 1.80. The topological polar surface area (TPSA) is 34.9 Å². The number of thiophene rings is 1. The molecule has 0 radical (unpaired) electrons. The molecule has 2 aromatic rings. The number of carbonyl (C=O) groups is 1. The molecule has 0 aliphatic heterocycles. The third kappa shape index (κ3) is 0.867. The molecule has 2 rings (SSSR count). The molecule has 56 valence electrons. The summed E-state index contributed by atoms with van der Waals surface area (Å²) < 4.78 is 1.91. The molecule has 2 heterocycles. The van der Waals surface area contributed by atoms with Crippen molar-refractivity contribution in [2.75, 3.05) is 0 Å². The molecule has 0 aliphatic rings. The summed E-state index contributed by atoms with van der Waals surface area (Å²) in [4.78, 5) is 16.2. The minimum absolute atomic E-state index is 0.735. The van der Waals surface area contributed by atoms with E-state index < -0.39 is 0 Å². The van der Waals surface area contributed by atoms with Gasteiger partial charge in [0.1, 0.15) is 10.3 Å². The zero-order chi connectivity index (χ0) is 7.84. The van der Waals surface area contributed by atoms with E-state index in [9.17, 15) is 4.79 Å². The van der Waals surface area contributed by atoms with Crippen molar-refractivity contribution in [1.82, 2.24) is 9.55 Å². The normalized spacial score (nSPS) is 10.6. The lowest BCUT2D eigenvalue weighted by Crippen LogP contribution is -1.79. The maximum absolute atomic E-state index is 10.4. The molecule has 4 heteroatoms. The summed E-state index contributed by atoms with van der Waals surface area (Å²) in [7, 11) is 1.92. The Morgan fingerprint density at radius 2 is 2.55 bits per heavy atom. The monoisotopic (exact) mass is 166 g/mol. The Morgan fingerprint density at radius 1 is 1.73 bits per heavy atom. The molecule has 0 unspecified atom stereocenters. The van der Waals surface area contributed by atoms with Crippen molar-refractivity contribution in [3.05, 3.63) is 17.3 Å². The first kappa shape index (κ1) is 6.54. The standard InChI is InChI=1S/C7H6N2OS/c1-9-4-8-6-2-5(3-10)11-7(6)9/h2-4H,1H3. The van der Waals surface area contributed by atoms with E-state index in [-0.39, 0.29) is 0 Å². The van der Waals surface area contributed by atoms with Crippen molar-refractivity contribution in [3.8, 4) is 0 Å². The zero-order valence-corrected chi connectivity index (χ0v) is 6.76. The molecule has 0 bridgehead atoms.